The summed E-state index contributed by atoms with van der Waals surface area (Å²) in [6, 6.07) is 15.8. The zero-order valence-corrected chi connectivity index (χ0v) is 23.7. The first-order chi connectivity index (χ1) is 20.4. The van der Waals surface area contributed by atoms with Crippen LogP contribution in [0, 0.1) is 0 Å². The van der Waals surface area contributed by atoms with E-state index in [1.165, 1.54) is 4.57 Å². The smallest absolute Gasteiger partial charge is 0.325 e. The van der Waals surface area contributed by atoms with Gasteiger partial charge in [0, 0.05) is 68.8 Å². The molecule has 2 amide bonds. The van der Waals surface area contributed by atoms with Crippen LogP contribution in [0.25, 0.3) is 10.9 Å². The summed E-state index contributed by atoms with van der Waals surface area (Å²) in [6.45, 7) is 5.46. The Balaban J connectivity index is 1.29. The number of β-amino-alcohol motifs (C(OH)–C–C–N with tert-alkyl or cyclic N) is 1. The van der Waals surface area contributed by atoms with Crippen molar-refractivity contribution in [3.63, 3.8) is 0 Å². The van der Waals surface area contributed by atoms with Gasteiger partial charge in [-0.05, 0) is 49.2 Å². The molecule has 4 aromatic rings. The monoisotopic (exact) mass is 573 g/mol. The van der Waals surface area contributed by atoms with Crippen LogP contribution in [0.5, 0.6) is 17.2 Å². The Kier molecular flexibility index (Phi) is 9.32. The lowest BCUT2D eigenvalue weighted by atomic mass is 10.1. The van der Waals surface area contributed by atoms with Gasteiger partial charge >= 0.3 is 6.03 Å². The lowest BCUT2D eigenvalue weighted by Crippen LogP contribution is -2.23. The SMILES string of the molecule is CCOCCOc1cc2c(ccn2C(=O)NC)cc1Oc1ccnc(NC(=O)c2ccc(CN3CC[C@@H](O)C3)cc2)c1. The molecule has 0 saturated carbocycles. The molecule has 5 rings (SSSR count). The standard InChI is InChI=1S/C31H35N5O6/c1-3-40-14-15-41-27-18-26-23(9-13-36(26)31(39)32-2)16-28(27)42-25-8-11-33-29(17-25)34-30(38)22-6-4-21(5-7-22)19-35-12-10-24(37)20-35/h4-9,11,13,16-18,24,37H,3,10,12,14-15,19-20H2,1-2H3,(H,32,39)(H,33,34,38)/t24-/m1/s1. The normalized spacial score (nSPS) is 15.1. The third-order valence-electron chi connectivity index (χ3n) is 6.95. The summed E-state index contributed by atoms with van der Waals surface area (Å²) in [7, 11) is 1.57. The van der Waals surface area contributed by atoms with Crippen LogP contribution in [0.2, 0.25) is 0 Å². The summed E-state index contributed by atoms with van der Waals surface area (Å²) in [5.41, 5.74) is 2.25. The second-order valence-electron chi connectivity index (χ2n) is 9.95. The number of rotatable bonds is 11. The molecule has 1 atom stereocenters. The van der Waals surface area contributed by atoms with Crippen LogP contribution in [-0.2, 0) is 11.3 Å². The van der Waals surface area contributed by atoms with Gasteiger partial charge in [0.05, 0.1) is 18.2 Å². The van der Waals surface area contributed by atoms with E-state index >= 15 is 0 Å². The van der Waals surface area contributed by atoms with E-state index in [9.17, 15) is 14.7 Å². The van der Waals surface area contributed by atoms with E-state index in [1.54, 1.807) is 55.8 Å². The average Bonchev–Trinajstić information content (AvgIpc) is 3.60. The van der Waals surface area contributed by atoms with Crippen molar-refractivity contribution in [2.75, 3.05) is 45.3 Å². The van der Waals surface area contributed by atoms with Crippen LogP contribution in [0.4, 0.5) is 10.6 Å². The first kappa shape index (κ1) is 29.1. The Labute approximate surface area is 244 Å². The molecule has 1 aliphatic rings. The van der Waals surface area contributed by atoms with Crippen molar-refractivity contribution in [3.05, 3.63) is 78.1 Å². The molecule has 11 heteroatoms. The molecule has 2 aromatic carbocycles. The number of ether oxygens (including phenoxy) is 3. The van der Waals surface area contributed by atoms with Crippen LogP contribution in [0.15, 0.2) is 67.0 Å². The quantitative estimate of drug-likeness (QED) is 0.227. The number of aliphatic hydroxyl groups excluding tert-OH is 1. The fourth-order valence-electron chi connectivity index (χ4n) is 4.82. The molecule has 0 radical (unpaired) electrons. The Hall–Kier alpha value is -4.45. The minimum absolute atomic E-state index is 0.263. The molecule has 1 aliphatic heterocycles. The maximum atomic E-state index is 12.9. The number of carbonyl (C=O) groups excluding carboxylic acids is 2. The number of aromatic nitrogens is 2. The summed E-state index contributed by atoms with van der Waals surface area (Å²) in [4.78, 5) is 31.7. The van der Waals surface area contributed by atoms with Gasteiger partial charge in [-0.15, -0.1) is 0 Å². The molecule has 1 fully saturated rings. The van der Waals surface area contributed by atoms with Crippen LogP contribution in [-0.4, -0.2) is 77.6 Å². The van der Waals surface area contributed by atoms with E-state index in [2.05, 4.69) is 20.5 Å². The highest BCUT2D eigenvalue weighted by atomic mass is 16.5. The number of nitrogens with zero attached hydrogens (tertiary/aromatic N) is 3. The van der Waals surface area contributed by atoms with Crippen LogP contribution in [0.1, 0.15) is 29.3 Å². The Bertz CT molecular complexity index is 1540. The number of fused-ring (bicyclic) bond motifs is 1. The van der Waals surface area contributed by atoms with Gasteiger partial charge in [-0.3, -0.25) is 14.3 Å². The molecule has 0 aliphatic carbocycles. The predicted molar refractivity (Wildman–Crippen MR) is 158 cm³/mol. The molecular formula is C31H35N5O6. The number of amides is 2. The molecule has 0 bridgehead atoms. The second-order valence-corrected chi connectivity index (χ2v) is 9.95. The van der Waals surface area contributed by atoms with Gasteiger partial charge in [0.1, 0.15) is 18.2 Å². The second kappa shape index (κ2) is 13.5. The minimum Gasteiger partial charge on any atom is -0.487 e. The van der Waals surface area contributed by atoms with Gasteiger partial charge in [-0.25, -0.2) is 9.78 Å². The maximum Gasteiger partial charge on any atom is 0.325 e. The summed E-state index contributed by atoms with van der Waals surface area (Å²) >= 11 is 0. The minimum atomic E-state index is -0.292. The molecule has 11 nitrogen and oxygen atoms in total. The van der Waals surface area contributed by atoms with Gasteiger partial charge < -0.3 is 30.0 Å². The maximum absolute atomic E-state index is 12.9. The van der Waals surface area contributed by atoms with E-state index in [-0.39, 0.29) is 18.0 Å². The van der Waals surface area contributed by atoms with E-state index in [4.69, 9.17) is 14.2 Å². The molecule has 0 unspecified atom stereocenters. The average molecular weight is 574 g/mol. The summed E-state index contributed by atoms with van der Waals surface area (Å²) in [6.07, 6.45) is 3.76. The number of nitrogens with one attached hydrogen (secondary N) is 2. The molecule has 42 heavy (non-hydrogen) atoms. The molecule has 3 heterocycles. The van der Waals surface area contributed by atoms with Gasteiger partial charge in [-0.1, -0.05) is 12.1 Å². The molecule has 1 saturated heterocycles. The highest BCUT2D eigenvalue weighted by Gasteiger charge is 2.20. The highest BCUT2D eigenvalue weighted by Crippen LogP contribution is 2.36. The molecule has 0 spiro atoms. The Morgan fingerprint density at radius 1 is 1.07 bits per heavy atom. The van der Waals surface area contributed by atoms with Crippen molar-refractivity contribution in [3.8, 4) is 17.2 Å². The van der Waals surface area contributed by atoms with Crippen molar-refractivity contribution in [2.24, 2.45) is 0 Å². The third-order valence-corrected chi connectivity index (χ3v) is 6.95. The van der Waals surface area contributed by atoms with Crippen molar-refractivity contribution in [1.29, 1.82) is 0 Å². The number of hydrogen-bond donors (Lipinski definition) is 3. The van der Waals surface area contributed by atoms with E-state index < -0.39 is 0 Å². The summed E-state index contributed by atoms with van der Waals surface area (Å²) in [5, 5.41) is 16.0. The molecule has 3 N–H and O–H groups in total. The Morgan fingerprint density at radius 2 is 1.90 bits per heavy atom. The highest BCUT2D eigenvalue weighted by molar-refractivity contribution is 6.03. The first-order valence-electron chi connectivity index (χ1n) is 14.0. The molecular weight excluding hydrogens is 538 g/mol. The Morgan fingerprint density at radius 3 is 2.64 bits per heavy atom. The van der Waals surface area contributed by atoms with Gasteiger partial charge in [0.25, 0.3) is 5.91 Å². The van der Waals surface area contributed by atoms with E-state index in [1.807, 2.05) is 25.1 Å². The van der Waals surface area contributed by atoms with Crippen LogP contribution >= 0.6 is 0 Å². The van der Waals surface area contributed by atoms with Gasteiger partial charge in [-0.2, -0.15) is 0 Å². The van der Waals surface area contributed by atoms with E-state index in [0.29, 0.717) is 60.5 Å². The lowest BCUT2D eigenvalue weighted by Gasteiger charge is -2.15. The van der Waals surface area contributed by atoms with Crippen molar-refractivity contribution in [1.82, 2.24) is 19.8 Å². The third kappa shape index (κ3) is 7.06. The number of hydrogen-bond acceptors (Lipinski definition) is 8. The number of aliphatic hydroxyl groups is 1. The predicted octanol–water partition coefficient (Wildman–Crippen LogP) is 4.25. The van der Waals surface area contributed by atoms with Gasteiger partial charge in [0.2, 0.25) is 0 Å². The number of pyridine rings is 1. The number of benzene rings is 2. The van der Waals surface area contributed by atoms with Gasteiger partial charge in [0.15, 0.2) is 11.5 Å². The topological polar surface area (TPSA) is 127 Å². The largest absolute Gasteiger partial charge is 0.487 e. The number of anilines is 1. The zero-order chi connectivity index (χ0) is 29.5. The number of likely N-dealkylation sites (tertiary alicyclic amines) is 1. The molecule has 220 valence electrons. The summed E-state index contributed by atoms with van der Waals surface area (Å²) < 4.78 is 19.1. The summed E-state index contributed by atoms with van der Waals surface area (Å²) in [5.74, 6) is 1.37. The number of carbonyl (C=O) groups is 2. The fourth-order valence-corrected chi connectivity index (χ4v) is 4.82. The lowest BCUT2D eigenvalue weighted by molar-refractivity contribution is 0.102. The van der Waals surface area contributed by atoms with Crippen LogP contribution in [0.3, 0.4) is 0 Å². The first-order valence-corrected chi connectivity index (χ1v) is 14.0. The van der Waals surface area contributed by atoms with E-state index in [0.717, 1.165) is 30.5 Å². The molecule has 2 aromatic heterocycles. The fraction of sp³-hybridized carbons (Fsp3) is 0.323. The van der Waals surface area contributed by atoms with Crippen molar-refractivity contribution in [2.45, 2.75) is 26.0 Å². The van der Waals surface area contributed by atoms with Crippen LogP contribution < -0.4 is 20.1 Å². The zero-order valence-electron chi connectivity index (χ0n) is 23.7. The van der Waals surface area contributed by atoms with Crippen molar-refractivity contribution < 1.29 is 28.9 Å². The van der Waals surface area contributed by atoms with Crippen molar-refractivity contribution >= 4 is 28.7 Å².